The smallest absolute Gasteiger partial charge is 0.373 e. The van der Waals surface area contributed by atoms with Gasteiger partial charge in [-0.3, -0.25) is 0 Å². The van der Waals surface area contributed by atoms with Crippen LogP contribution in [0.25, 0.3) is 0 Å². The molecular formula is C9H16O4. The first kappa shape index (κ1) is 12.0. The summed E-state index contributed by atoms with van der Waals surface area (Å²) in [4.78, 5) is 11.1. The summed E-state index contributed by atoms with van der Waals surface area (Å²) in [5.41, 5.74) is 0. The molecule has 0 aliphatic rings. The number of aliphatic hydroxyl groups excluding tert-OH is 1. The van der Waals surface area contributed by atoms with Crippen molar-refractivity contribution in [2.24, 2.45) is 0 Å². The van der Waals surface area contributed by atoms with Crippen LogP contribution >= 0.6 is 0 Å². The molecule has 0 fully saturated rings. The monoisotopic (exact) mass is 188 g/mol. The SMILES string of the molecule is CC=C(OCC(C)O)C(=O)OCC. The molecule has 76 valence electrons. The van der Waals surface area contributed by atoms with Gasteiger partial charge in [-0.25, -0.2) is 4.79 Å². The molecule has 1 unspecified atom stereocenters. The summed E-state index contributed by atoms with van der Waals surface area (Å²) in [7, 11) is 0. The van der Waals surface area contributed by atoms with E-state index in [0.29, 0.717) is 6.61 Å². The van der Waals surface area contributed by atoms with Gasteiger partial charge in [-0.15, -0.1) is 0 Å². The van der Waals surface area contributed by atoms with Crippen molar-refractivity contribution in [3.05, 3.63) is 11.8 Å². The van der Waals surface area contributed by atoms with E-state index >= 15 is 0 Å². The maximum absolute atomic E-state index is 11.1. The largest absolute Gasteiger partial charge is 0.484 e. The Morgan fingerprint density at radius 3 is 2.54 bits per heavy atom. The van der Waals surface area contributed by atoms with E-state index in [2.05, 4.69) is 0 Å². The summed E-state index contributed by atoms with van der Waals surface area (Å²) < 4.78 is 9.72. The van der Waals surface area contributed by atoms with E-state index in [1.807, 2.05) is 0 Å². The molecule has 0 aromatic carbocycles. The molecular weight excluding hydrogens is 172 g/mol. The van der Waals surface area contributed by atoms with Gasteiger partial charge >= 0.3 is 5.97 Å². The van der Waals surface area contributed by atoms with Crippen molar-refractivity contribution in [1.29, 1.82) is 0 Å². The van der Waals surface area contributed by atoms with E-state index in [-0.39, 0.29) is 12.4 Å². The Hall–Kier alpha value is -1.03. The first-order chi connectivity index (χ1) is 6.11. The number of hydrogen-bond donors (Lipinski definition) is 1. The van der Waals surface area contributed by atoms with Crippen LogP contribution in [0, 0.1) is 0 Å². The second kappa shape index (κ2) is 6.48. The van der Waals surface area contributed by atoms with Crippen LogP contribution in [0.15, 0.2) is 11.8 Å². The van der Waals surface area contributed by atoms with Gasteiger partial charge in [-0.2, -0.15) is 0 Å². The van der Waals surface area contributed by atoms with Crippen molar-refractivity contribution < 1.29 is 19.4 Å². The Kier molecular flexibility index (Phi) is 5.97. The number of esters is 1. The van der Waals surface area contributed by atoms with Crippen LogP contribution in [-0.2, 0) is 14.3 Å². The zero-order valence-electron chi connectivity index (χ0n) is 8.24. The highest BCUT2D eigenvalue weighted by atomic mass is 16.6. The van der Waals surface area contributed by atoms with Gasteiger partial charge in [-0.05, 0) is 26.8 Å². The van der Waals surface area contributed by atoms with Crippen molar-refractivity contribution in [2.75, 3.05) is 13.2 Å². The van der Waals surface area contributed by atoms with Gasteiger partial charge in [0.05, 0.1) is 12.7 Å². The minimum atomic E-state index is -0.593. The molecule has 0 aliphatic carbocycles. The van der Waals surface area contributed by atoms with E-state index in [4.69, 9.17) is 14.6 Å². The maximum Gasteiger partial charge on any atom is 0.373 e. The minimum Gasteiger partial charge on any atom is -0.484 e. The fourth-order valence-corrected chi connectivity index (χ4v) is 0.673. The standard InChI is InChI=1S/C9H16O4/c1-4-8(9(11)12-5-2)13-6-7(3)10/h4,7,10H,5-6H2,1-3H3. The molecule has 0 rings (SSSR count). The fourth-order valence-electron chi connectivity index (χ4n) is 0.673. The maximum atomic E-state index is 11.1. The summed E-state index contributed by atoms with van der Waals surface area (Å²) in [6.45, 7) is 5.39. The molecule has 0 radical (unpaired) electrons. The summed E-state index contributed by atoms with van der Waals surface area (Å²) >= 11 is 0. The Labute approximate surface area is 78.2 Å². The Bertz CT molecular complexity index is 184. The topological polar surface area (TPSA) is 55.8 Å². The Morgan fingerprint density at radius 2 is 2.15 bits per heavy atom. The lowest BCUT2D eigenvalue weighted by molar-refractivity contribution is -0.143. The highest BCUT2D eigenvalue weighted by Gasteiger charge is 2.11. The van der Waals surface area contributed by atoms with E-state index in [1.165, 1.54) is 6.08 Å². The number of hydrogen-bond acceptors (Lipinski definition) is 4. The number of allylic oxidation sites excluding steroid dienone is 1. The Balaban J connectivity index is 3.97. The molecule has 0 saturated heterocycles. The second-order valence-electron chi connectivity index (χ2n) is 2.53. The zero-order chi connectivity index (χ0) is 10.3. The van der Waals surface area contributed by atoms with Crippen LogP contribution in [0.4, 0.5) is 0 Å². The van der Waals surface area contributed by atoms with Crippen molar-refractivity contribution in [2.45, 2.75) is 26.9 Å². The average molecular weight is 188 g/mol. The highest BCUT2D eigenvalue weighted by Crippen LogP contribution is 2.01. The lowest BCUT2D eigenvalue weighted by atomic mass is 10.4. The first-order valence-corrected chi connectivity index (χ1v) is 4.26. The number of ether oxygens (including phenoxy) is 2. The van der Waals surface area contributed by atoms with Crippen LogP contribution in [0.3, 0.4) is 0 Å². The first-order valence-electron chi connectivity index (χ1n) is 4.26. The second-order valence-corrected chi connectivity index (χ2v) is 2.53. The van der Waals surface area contributed by atoms with Crippen molar-refractivity contribution in [1.82, 2.24) is 0 Å². The van der Waals surface area contributed by atoms with Gasteiger partial charge in [0.25, 0.3) is 0 Å². The molecule has 0 spiro atoms. The van der Waals surface area contributed by atoms with Crippen molar-refractivity contribution in [3.8, 4) is 0 Å². The predicted molar refractivity (Wildman–Crippen MR) is 48.0 cm³/mol. The van der Waals surface area contributed by atoms with Crippen LogP contribution < -0.4 is 0 Å². The lowest BCUT2D eigenvalue weighted by Gasteiger charge is -2.10. The van der Waals surface area contributed by atoms with Gasteiger partial charge < -0.3 is 14.6 Å². The fraction of sp³-hybridized carbons (Fsp3) is 0.667. The van der Waals surface area contributed by atoms with Crippen LogP contribution in [0.5, 0.6) is 0 Å². The van der Waals surface area contributed by atoms with Gasteiger partial charge in [0.2, 0.25) is 0 Å². The van der Waals surface area contributed by atoms with E-state index in [1.54, 1.807) is 20.8 Å². The molecule has 0 aromatic heterocycles. The molecule has 0 amide bonds. The number of carbonyl (C=O) groups is 1. The zero-order valence-corrected chi connectivity index (χ0v) is 8.24. The third-order valence-corrected chi connectivity index (χ3v) is 1.22. The number of aliphatic hydroxyl groups is 1. The molecule has 0 saturated carbocycles. The molecule has 0 heterocycles. The minimum absolute atomic E-state index is 0.0957. The summed E-state index contributed by atoms with van der Waals surface area (Å²) in [6, 6.07) is 0. The molecule has 0 bridgehead atoms. The number of carbonyl (C=O) groups excluding carboxylic acids is 1. The van der Waals surface area contributed by atoms with Crippen molar-refractivity contribution in [3.63, 3.8) is 0 Å². The van der Waals surface area contributed by atoms with Crippen LogP contribution in [-0.4, -0.2) is 30.4 Å². The average Bonchev–Trinajstić information content (AvgIpc) is 2.05. The third kappa shape index (κ3) is 5.25. The molecule has 1 N–H and O–H groups in total. The summed E-state index contributed by atoms with van der Waals surface area (Å²) in [5, 5.41) is 8.90. The van der Waals surface area contributed by atoms with Gasteiger partial charge in [0.15, 0.2) is 5.76 Å². The van der Waals surface area contributed by atoms with E-state index in [9.17, 15) is 4.79 Å². The summed E-state index contributed by atoms with van der Waals surface area (Å²) in [5.74, 6) is -0.353. The predicted octanol–water partition coefficient (Wildman–Crippen LogP) is 0.851. The third-order valence-electron chi connectivity index (χ3n) is 1.22. The Morgan fingerprint density at radius 1 is 1.54 bits per heavy atom. The molecule has 4 heteroatoms. The van der Waals surface area contributed by atoms with E-state index in [0.717, 1.165) is 0 Å². The van der Waals surface area contributed by atoms with Gasteiger partial charge in [-0.1, -0.05) is 0 Å². The molecule has 13 heavy (non-hydrogen) atoms. The highest BCUT2D eigenvalue weighted by molar-refractivity contribution is 5.86. The quantitative estimate of drug-likeness (QED) is 0.395. The van der Waals surface area contributed by atoms with Crippen LogP contribution in [0.1, 0.15) is 20.8 Å². The van der Waals surface area contributed by atoms with Gasteiger partial charge in [0, 0.05) is 0 Å². The van der Waals surface area contributed by atoms with E-state index < -0.39 is 12.1 Å². The number of rotatable bonds is 5. The van der Waals surface area contributed by atoms with Gasteiger partial charge in [0.1, 0.15) is 6.61 Å². The molecule has 4 nitrogen and oxygen atoms in total. The normalized spacial score (nSPS) is 13.7. The molecule has 0 aromatic rings. The summed E-state index contributed by atoms with van der Waals surface area (Å²) in [6.07, 6.45) is 0.921. The van der Waals surface area contributed by atoms with Crippen molar-refractivity contribution >= 4 is 5.97 Å². The molecule has 1 atom stereocenters. The lowest BCUT2D eigenvalue weighted by Crippen LogP contribution is -2.16. The molecule has 0 aliphatic heterocycles. The van der Waals surface area contributed by atoms with Crippen LogP contribution in [0.2, 0.25) is 0 Å².